The molecule has 0 bridgehead atoms. The van der Waals surface area contributed by atoms with Gasteiger partial charge in [-0.05, 0) is 53.3 Å². The minimum absolute atomic E-state index is 0.0674. The quantitative estimate of drug-likeness (QED) is 0.536. The molecule has 0 aliphatic carbocycles. The van der Waals surface area contributed by atoms with E-state index in [2.05, 4.69) is 0 Å². The van der Waals surface area contributed by atoms with E-state index in [0.717, 1.165) is 16.0 Å². The summed E-state index contributed by atoms with van der Waals surface area (Å²) in [7, 11) is 3.13. The minimum atomic E-state index is -0.644. The highest BCUT2D eigenvalue weighted by molar-refractivity contribution is 7.10. The molecule has 7 heteroatoms. The average molecular weight is 446 g/mol. The largest absolute Gasteiger partial charge is 0.493 e. The summed E-state index contributed by atoms with van der Waals surface area (Å²) in [6.07, 6.45) is 0.900. The Bertz CT molecular complexity index is 1050. The summed E-state index contributed by atoms with van der Waals surface area (Å²) in [6.45, 7) is 0.460. The number of hydrogen-bond acceptors (Lipinski definition) is 4. The monoisotopic (exact) mass is 445 g/mol. The first-order chi connectivity index (χ1) is 14.5. The van der Waals surface area contributed by atoms with Gasteiger partial charge >= 0.3 is 0 Å². The third-order valence-corrected chi connectivity index (χ3v) is 6.58. The van der Waals surface area contributed by atoms with E-state index in [1.165, 1.54) is 17.4 Å². The van der Waals surface area contributed by atoms with Crippen LogP contribution in [0.2, 0.25) is 5.02 Å². The molecule has 4 rings (SSSR count). The Balaban J connectivity index is 1.85. The SMILES string of the molecule is COc1cc2c(cc1OC)[C@@H](c1c(F)cccc1Cl)N(C(=O)Cc1cccs1)CC2. The average Bonchev–Trinajstić information content (AvgIpc) is 3.25. The van der Waals surface area contributed by atoms with Crippen molar-refractivity contribution in [2.24, 2.45) is 0 Å². The van der Waals surface area contributed by atoms with Gasteiger partial charge in [0, 0.05) is 22.0 Å². The van der Waals surface area contributed by atoms with Crippen molar-refractivity contribution in [2.75, 3.05) is 20.8 Å². The Hall–Kier alpha value is -2.57. The number of methoxy groups -OCH3 is 2. The van der Waals surface area contributed by atoms with Gasteiger partial charge in [0.05, 0.1) is 26.7 Å². The highest BCUT2D eigenvalue weighted by atomic mass is 35.5. The lowest BCUT2D eigenvalue weighted by molar-refractivity contribution is -0.132. The van der Waals surface area contributed by atoms with E-state index in [1.807, 2.05) is 29.6 Å². The molecule has 156 valence electrons. The van der Waals surface area contributed by atoms with Gasteiger partial charge in [0.1, 0.15) is 5.82 Å². The Morgan fingerprint density at radius 2 is 1.97 bits per heavy atom. The van der Waals surface area contributed by atoms with Gasteiger partial charge in [0.25, 0.3) is 0 Å². The van der Waals surface area contributed by atoms with Crippen LogP contribution < -0.4 is 9.47 Å². The molecule has 2 aromatic carbocycles. The Morgan fingerprint density at radius 1 is 1.20 bits per heavy atom. The molecule has 4 nitrogen and oxygen atoms in total. The van der Waals surface area contributed by atoms with Gasteiger partial charge in [-0.25, -0.2) is 4.39 Å². The van der Waals surface area contributed by atoms with E-state index in [-0.39, 0.29) is 17.4 Å². The zero-order valence-corrected chi connectivity index (χ0v) is 18.2. The van der Waals surface area contributed by atoms with E-state index in [4.69, 9.17) is 21.1 Å². The van der Waals surface area contributed by atoms with Crippen molar-refractivity contribution in [3.05, 3.63) is 80.3 Å². The molecule has 1 amide bonds. The number of hydrogen-bond donors (Lipinski definition) is 0. The summed E-state index contributed by atoms with van der Waals surface area (Å²) in [5, 5.41) is 2.23. The molecular weight excluding hydrogens is 425 g/mol. The van der Waals surface area contributed by atoms with Crippen LogP contribution in [-0.2, 0) is 17.6 Å². The fraction of sp³-hybridized carbons (Fsp3) is 0.261. The maximum atomic E-state index is 15.0. The molecule has 0 N–H and O–H groups in total. The smallest absolute Gasteiger partial charge is 0.228 e. The second-order valence-electron chi connectivity index (χ2n) is 7.04. The van der Waals surface area contributed by atoms with Crippen LogP contribution in [0.3, 0.4) is 0 Å². The third-order valence-electron chi connectivity index (χ3n) is 5.37. The molecule has 0 spiro atoms. The van der Waals surface area contributed by atoms with Crippen LogP contribution >= 0.6 is 22.9 Å². The molecule has 0 saturated heterocycles. The lowest BCUT2D eigenvalue weighted by Gasteiger charge is -2.38. The van der Waals surface area contributed by atoms with Gasteiger partial charge < -0.3 is 14.4 Å². The summed E-state index contributed by atoms with van der Waals surface area (Å²) in [5.74, 6) is 0.625. The second-order valence-corrected chi connectivity index (χ2v) is 8.48. The number of rotatable bonds is 5. The van der Waals surface area contributed by atoms with Gasteiger partial charge in [-0.3, -0.25) is 4.79 Å². The van der Waals surface area contributed by atoms with Crippen LogP contribution in [0.25, 0.3) is 0 Å². The number of benzene rings is 2. The number of carbonyl (C=O) groups excluding carboxylic acids is 1. The number of amides is 1. The van der Waals surface area contributed by atoms with E-state index >= 15 is 0 Å². The summed E-state index contributed by atoms with van der Waals surface area (Å²) in [6, 6.07) is 11.5. The first kappa shape index (κ1) is 20.7. The normalized spacial score (nSPS) is 15.6. The van der Waals surface area contributed by atoms with E-state index in [1.54, 1.807) is 31.3 Å². The lowest BCUT2D eigenvalue weighted by Crippen LogP contribution is -2.41. The zero-order valence-electron chi connectivity index (χ0n) is 16.7. The van der Waals surface area contributed by atoms with Crippen LogP contribution in [0.15, 0.2) is 47.8 Å². The third kappa shape index (κ3) is 3.77. The number of fused-ring (bicyclic) bond motifs is 1. The van der Waals surface area contributed by atoms with E-state index in [9.17, 15) is 9.18 Å². The van der Waals surface area contributed by atoms with Crippen molar-refractivity contribution < 1.29 is 18.7 Å². The lowest BCUT2D eigenvalue weighted by atomic mass is 9.87. The van der Waals surface area contributed by atoms with Crippen LogP contribution in [0.5, 0.6) is 11.5 Å². The maximum Gasteiger partial charge on any atom is 0.228 e. The molecule has 0 fully saturated rings. The van der Waals surface area contributed by atoms with Gasteiger partial charge in [-0.15, -0.1) is 11.3 Å². The standard InChI is InChI=1S/C23H21ClFNO3S/c1-28-19-11-14-8-9-26(21(27)12-15-5-4-10-30-15)23(16(14)13-20(19)29-2)22-17(24)6-3-7-18(22)25/h3-7,10-11,13,23H,8-9,12H2,1-2H3/t23-/m0/s1. The summed E-state index contributed by atoms with van der Waals surface area (Å²) in [4.78, 5) is 16.0. The fourth-order valence-corrected chi connectivity index (χ4v) is 4.92. The Morgan fingerprint density at radius 3 is 2.63 bits per heavy atom. The maximum absolute atomic E-state index is 15.0. The zero-order chi connectivity index (χ0) is 21.3. The molecule has 2 heterocycles. The molecule has 30 heavy (non-hydrogen) atoms. The first-order valence-electron chi connectivity index (χ1n) is 9.54. The first-order valence-corrected chi connectivity index (χ1v) is 10.8. The van der Waals surface area contributed by atoms with Crippen molar-refractivity contribution >= 4 is 28.8 Å². The number of nitrogens with zero attached hydrogens (tertiary/aromatic N) is 1. The van der Waals surface area contributed by atoms with E-state index in [0.29, 0.717) is 30.0 Å². The van der Waals surface area contributed by atoms with Crippen molar-refractivity contribution in [2.45, 2.75) is 18.9 Å². The molecule has 0 unspecified atom stereocenters. The Labute approximate surface area is 183 Å². The van der Waals surface area contributed by atoms with Crippen LogP contribution in [0.1, 0.15) is 27.6 Å². The molecule has 1 aliphatic rings. The van der Waals surface area contributed by atoms with Crippen LogP contribution in [0.4, 0.5) is 4.39 Å². The van der Waals surface area contributed by atoms with Crippen LogP contribution in [-0.4, -0.2) is 31.6 Å². The summed E-state index contributed by atoms with van der Waals surface area (Å²) >= 11 is 7.97. The van der Waals surface area contributed by atoms with Gasteiger partial charge in [0.15, 0.2) is 11.5 Å². The predicted octanol–water partition coefficient (Wildman–Crippen LogP) is 5.27. The highest BCUT2D eigenvalue weighted by Gasteiger charge is 2.36. The second kappa shape index (κ2) is 8.66. The predicted molar refractivity (Wildman–Crippen MR) is 116 cm³/mol. The van der Waals surface area contributed by atoms with E-state index < -0.39 is 11.9 Å². The molecule has 1 atom stereocenters. The minimum Gasteiger partial charge on any atom is -0.493 e. The molecule has 1 aromatic heterocycles. The van der Waals surface area contributed by atoms with Crippen molar-refractivity contribution in [3.63, 3.8) is 0 Å². The molecule has 3 aromatic rings. The van der Waals surface area contributed by atoms with Crippen molar-refractivity contribution in [1.82, 2.24) is 4.90 Å². The van der Waals surface area contributed by atoms with Crippen molar-refractivity contribution in [3.8, 4) is 11.5 Å². The molecule has 0 radical (unpaired) electrons. The van der Waals surface area contributed by atoms with Gasteiger partial charge in [0.2, 0.25) is 5.91 Å². The van der Waals surface area contributed by atoms with Crippen LogP contribution in [0, 0.1) is 5.82 Å². The number of halogens is 2. The summed E-state index contributed by atoms with van der Waals surface area (Å²) in [5.41, 5.74) is 2.08. The summed E-state index contributed by atoms with van der Waals surface area (Å²) < 4.78 is 25.9. The molecular formula is C23H21ClFNO3S. The number of thiophene rings is 1. The van der Waals surface area contributed by atoms with Gasteiger partial charge in [-0.2, -0.15) is 0 Å². The number of ether oxygens (including phenoxy) is 2. The highest BCUT2D eigenvalue weighted by Crippen LogP contribution is 2.43. The Kier molecular flexibility index (Phi) is 5.97. The van der Waals surface area contributed by atoms with Gasteiger partial charge in [-0.1, -0.05) is 23.7 Å². The number of carbonyl (C=O) groups is 1. The van der Waals surface area contributed by atoms with Crippen molar-refractivity contribution in [1.29, 1.82) is 0 Å². The molecule has 1 aliphatic heterocycles. The fourth-order valence-electron chi connectivity index (χ4n) is 3.96. The molecule has 0 saturated carbocycles. The topological polar surface area (TPSA) is 38.8 Å².